The number of carbonyl (C=O) groups is 1. The number of nitrogens with zero attached hydrogens (tertiary/aromatic N) is 2. The van der Waals surface area contributed by atoms with Crippen molar-refractivity contribution < 1.29 is 18.0 Å². The third kappa shape index (κ3) is 4.74. The number of aryl methyl sites for hydroxylation is 2. The van der Waals surface area contributed by atoms with Gasteiger partial charge in [0, 0.05) is 29.9 Å². The highest BCUT2D eigenvalue weighted by molar-refractivity contribution is 5.96. The number of halogens is 3. The Morgan fingerprint density at radius 3 is 2.66 bits per heavy atom. The largest absolute Gasteiger partial charge is 0.390 e. The molecule has 3 aromatic rings. The first-order valence-electron chi connectivity index (χ1n) is 10.9. The fraction of sp³-hybridized carbons (Fsp3) is 0.417. The lowest BCUT2D eigenvalue weighted by Gasteiger charge is -2.13. The monoisotopic (exact) mass is 444 g/mol. The highest BCUT2D eigenvalue weighted by Crippen LogP contribution is 2.31. The van der Waals surface area contributed by atoms with Crippen LogP contribution in [0.2, 0.25) is 0 Å². The van der Waals surface area contributed by atoms with Gasteiger partial charge < -0.3 is 10.6 Å². The Morgan fingerprint density at radius 2 is 2.03 bits per heavy atom. The van der Waals surface area contributed by atoms with Gasteiger partial charge in [-0.3, -0.25) is 9.20 Å². The Morgan fingerprint density at radius 1 is 1.28 bits per heavy atom. The van der Waals surface area contributed by atoms with Gasteiger partial charge in [0.2, 0.25) is 0 Å². The first-order chi connectivity index (χ1) is 15.2. The van der Waals surface area contributed by atoms with Crippen LogP contribution >= 0.6 is 0 Å². The summed E-state index contributed by atoms with van der Waals surface area (Å²) in [6, 6.07) is 7.76. The van der Waals surface area contributed by atoms with Crippen molar-refractivity contribution in [2.24, 2.45) is 5.92 Å². The molecule has 0 saturated heterocycles. The molecule has 1 aliphatic rings. The van der Waals surface area contributed by atoms with E-state index in [0.717, 1.165) is 35.2 Å². The highest BCUT2D eigenvalue weighted by Gasteiger charge is 2.34. The fourth-order valence-electron chi connectivity index (χ4n) is 3.87. The van der Waals surface area contributed by atoms with Gasteiger partial charge in [0.15, 0.2) is 5.65 Å². The van der Waals surface area contributed by atoms with E-state index in [1.165, 1.54) is 0 Å². The fourth-order valence-corrected chi connectivity index (χ4v) is 3.87. The second-order valence-corrected chi connectivity index (χ2v) is 8.57. The van der Waals surface area contributed by atoms with Crippen LogP contribution < -0.4 is 10.6 Å². The maximum absolute atomic E-state index is 12.6. The number of hydrogen-bond acceptors (Lipinski definition) is 3. The Labute approximate surface area is 185 Å². The summed E-state index contributed by atoms with van der Waals surface area (Å²) in [4.78, 5) is 17.0. The number of rotatable bonds is 7. The van der Waals surface area contributed by atoms with Crippen LogP contribution in [0.1, 0.15) is 48.2 Å². The zero-order valence-electron chi connectivity index (χ0n) is 18.4. The van der Waals surface area contributed by atoms with Gasteiger partial charge in [-0.1, -0.05) is 19.9 Å². The molecule has 8 heteroatoms. The number of benzene rings is 1. The molecule has 32 heavy (non-hydrogen) atoms. The van der Waals surface area contributed by atoms with Crippen molar-refractivity contribution in [3.8, 4) is 11.3 Å². The number of pyridine rings is 1. The van der Waals surface area contributed by atoms with Crippen molar-refractivity contribution in [3.05, 3.63) is 53.3 Å². The summed E-state index contributed by atoms with van der Waals surface area (Å²) in [5, 5.41) is 5.94. The molecule has 170 valence electrons. The van der Waals surface area contributed by atoms with E-state index in [1.807, 2.05) is 48.7 Å². The van der Waals surface area contributed by atoms with E-state index in [2.05, 4.69) is 22.5 Å². The molecule has 1 aliphatic carbocycles. The molecule has 1 saturated carbocycles. The maximum Gasteiger partial charge on any atom is 0.390 e. The number of hydrogen-bond donors (Lipinski definition) is 2. The van der Waals surface area contributed by atoms with Crippen LogP contribution in [-0.4, -0.2) is 34.1 Å². The molecule has 2 heterocycles. The van der Waals surface area contributed by atoms with Crippen molar-refractivity contribution in [3.63, 3.8) is 0 Å². The Balaban J connectivity index is 1.63. The zero-order chi connectivity index (χ0) is 23.0. The van der Waals surface area contributed by atoms with E-state index in [-0.39, 0.29) is 18.5 Å². The van der Waals surface area contributed by atoms with Crippen LogP contribution in [0.25, 0.3) is 16.9 Å². The molecule has 0 spiro atoms. The third-order valence-electron chi connectivity index (χ3n) is 5.99. The molecule has 1 fully saturated rings. The molecule has 0 bridgehead atoms. The summed E-state index contributed by atoms with van der Waals surface area (Å²) >= 11 is 0. The Kier molecular flexibility index (Phi) is 5.88. The summed E-state index contributed by atoms with van der Waals surface area (Å²) < 4.78 is 39.6. The van der Waals surface area contributed by atoms with Crippen molar-refractivity contribution in [2.45, 2.75) is 52.3 Å². The van der Waals surface area contributed by atoms with Gasteiger partial charge in [0.05, 0.1) is 24.0 Å². The van der Waals surface area contributed by atoms with Crippen LogP contribution in [0.3, 0.4) is 0 Å². The summed E-state index contributed by atoms with van der Waals surface area (Å²) in [5.74, 6) is 0.467. The maximum atomic E-state index is 12.6. The van der Waals surface area contributed by atoms with Crippen LogP contribution in [0.4, 0.5) is 18.9 Å². The molecular formula is C24H27F3N4O. The van der Waals surface area contributed by atoms with Gasteiger partial charge in [0.25, 0.3) is 5.91 Å². The Hall–Kier alpha value is -3.03. The van der Waals surface area contributed by atoms with Gasteiger partial charge in [-0.2, -0.15) is 13.2 Å². The number of fused-ring (bicyclic) bond motifs is 1. The number of alkyl halides is 3. The first kappa shape index (κ1) is 22.2. The van der Waals surface area contributed by atoms with E-state index in [1.54, 1.807) is 6.20 Å². The van der Waals surface area contributed by atoms with Gasteiger partial charge in [0.1, 0.15) is 0 Å². The van der Waals surface area contributed by atoms with Crippen molar-refractivity contribution in [1.29, 1.82) is 0 Å². The number of amides is 1. The third-order valence-corrected chi connectivity index (χ3v) is 5.99. The van der Waals surface area contributed by atoms with Crippen LogP contribution in [0.15, 0.2) is 36.7 Å². The number of carbonyl (C=O) groups excluding carboxylic acids is 1. The van der Waals surface area contributed by atoms with Gasteiger partial charge in [-0.25, -0.2) is 4.98 Å². The number of nitrogens with one attached hydrogen (secondary N) is 2. The normalized spacial score (nSPS) is 18.1. The average molecular weight is 445 g/mol. The molecule has 0 unspecified atom stereocenters. The van der Waals surface area contributed by atoms with Gasteiger partial charge in [-0.15, -0.1) is 0 Å². The summed E-state index contributed by atoms with van der Waals surface area (Å²) in [7, 11) is 0. The smallest absolute Gasteiger partial charge is 0.382 e. The van der Waals surface area contributed by atoms with Crippen LogP contribution in [0, 0.1) is 12.8 Å². The summed E-state index contributed by atoms with van der Waals surface area (Å²) in [6.07, 6.45) is 0.297. The topological polar surface area (TPSA) is 58.4 Å². The zero-order valence-corrected chi connectivity index (χ0v) is 18.4. The van der Waals surface area contributed by atoms with Crippen LogP contribution in [0.5, 0.6) is 0 Å². The predicted molar refractivity (Wildman–Crippen MR) is 119 cm³/mol. The average Bonchev–Trinajstić information content (AvgIpc) is 3.24. The van der Waals surface area contributed by atoms with E-state index < -0.39 is 12.6 Å². The minimum Gasteiger partial charge on any atom is -0.382 e. The van der Waals surface area contributed by atoms with Crippen LogP contribution in [-0.2, 0) is 6.42 Å². The molecule has 4 rings (SSSR count). The van der Waals surface area contributed by atoms with E-state index >= 15 is 0 Å². The molecule has 0 radical (unpaired) electrons. The molecule has 5 nitrogen and oxygen atoms in total. The standard InChI is InChI=1S/C24H27F3N4O/c1-4-16-11-20(28-8-7-24(25,26)27)22-29-12-21(31(22)13-16)17-5-6-18(14(2)9-17)23(32)30-19-10-15(19)3/h5-6,9,11-13,15,19,28H,4,7-8,10H2,1-3H3,(H,30,32)/t15-,19-/m0/s1. The molecule has 2 atom stereocenters. The quantitative estimate of drug-likeness (QED) is 0.515. The second kappa shape index (κ2) is 8.48. The lowest BCUT2D eigenvalue weighted by Crippen LogP contribution is -2.27. The predicted octanol–water partition coefficient (Wildman–Crippen LogP) is 5.37. The van der Waals surface area contributed by atoms with Gasteiger partial charge in [-0.05, 0) is 55.0 Å². The minimum atomic E-state index is -4.21. The molecule has 2 aromatic heterocycles. The molecule has 1 amide bonds. The highest BCUT2D eigenvalue weighted by atomic mass is 19.4. The molecular weight excluding hydrogens is 417 g/mol. The Bertz CT molecular complexity index is 1150. The van der Waals surface area contributed by atoms with E-state index in [4.69, 9.17) is 0 Å². The van der Waals surface area contributed by atoms with E-state index in [0.29, 0.717) is 22.8 Å². The number of anilines is 1. The minimum absolute atomic E-state index is 0.0639. The second-order valence-electron chi connectivity index (χ2n) is 8.57. The lowest BCUT2D eigenvalue weighted by molar-refractivity contribution is -0.131. The van der Waals surface area contributed by atoms with Crippen molar-refractivity contribution >= 4 is 17.2 Å². The van der Waals surface area contributed by atoms with Gasteiger partial charge >= 0.3 is 6.18 Å². The number of aromatic nitrogens is 2. The molecule has 2 N–H and O–H groups in total. The number of imidazole rings is 1. The summed E-state index contributed by atoms with van der Waals surface area (Å²) in [6.45, 7) is 5.80. The first-order valence-corrected chi connectivity index (χ1v) is 10.9. The van der Waals surface area contributed by atoms with E-state index in [9.17, 15) is 18.0 Å². The summed E-state index contributed by atoms with van der Waals surface area (Å²) in [5.41, 5.74) is 5.34. The molecule has 1 aromatic carbocycles. The van der Waals surface area contributed by atoms with Crippen molar-refractivity contribution in [1.82, 2.24) is 14.7 Å². The lowest BCUT2D eigenvalue weighted by atomic mass is 10.0. The van der Waals surface area contributed by atoms with Crippen molar-refractivity contribution in [2.75, 3.05) is 11.9 Å². The molecule has 0 aliphatic heterocycles. The SMILES string of the molecule is CCc1cc(NCCC(F)(F)F)c2ncc(-c3ccc(C(=O)N[C@H]4C[C@@H]4C)c(C)c3)n2c1.